The van der Waals surface area contributed by atoms with Gasteiger partial charge in [0.15, 0.2) is 0 Å². The Bertz CT molecular complexity index is 1340. The maximum Gasteiger partial charge on any atom is 0.145 e. The topological polar surface area (TPSA) is 119 Å². The summed E-state index contributed by atoms with van der Waals surface area (Å²) >= 11 is 6.00. The molecular weight excluding hydrogens is 430 g/mol. The molecule has 0 radical (unpaired) electrons. The molecule has 3 heterocycles. The number of hydrogen-bond donors (Lipinski definition) is 3. The van der Waals surface area contributed by atoms with Crippen LogP contribution < -0.4 is 10.5 Å². The molecule has 4 N–H and O–H groups in total. The molecule has 6 rings (SSSR count). The van der Waals surface area contributed by atoms with Gasteiger partial charge in [0, 0.05) is 29.3 Å². The first-order valence-electron chi connectivity index (χ1n) is 10.6. The predicted octanol–water partition coefficient (Wildman–Crippen LogP) is 3.11. The van der Waals surface area contributed by atoms with Crippen molar-refractivity contribution in [3.63, 3.8) is 0 Å². The van der Waals surface area contributed by atoms with Gasteiger partial charge in [-0.25, -0.2) is 9.97 Å². The van der Waals surface area contributed by atoms with Crippen molar-refractivity contribution in [1.29, 1.82) is 0 Å². The van der Waals surface area contributed by atoms with Crippen molar-refractivity contribution in [3.05, 3.63) is 54.1 Å². The van der Waals surface area contributed by atoms with Crippen LogP contribution in [0.15, 0.2) is 49.1 Å². The lowest BCUT2D eigenvalue weighted by Crippen LogP contribution is -2.50. The summed E-state index contributed by atoms with van der Waals surface area (Å²) in [5.41, 5.74) is 7.05. The lowest BCUT2D eigenvalue weighted by molar-refractivity contribution is -0.105. The summed E-state index contributed by atoms with van der Waals surface area (Å²) in [6.45, 7) is 0. The van der Waals surface area contributed by atoms with Crippen LogP contribution in [-0.2, 0) is 0 Å². The van der Waals surface area contributed by atoms with Gasteiger partial charge < -0.3 is 25.3 Å². The minimum absolute atomic E-state index is 0.0280. The third-order valence-electron chi connectivity index (χ3n) is 7.05. The molecule has 0 amide bonds. The fourth-order valence-electron chi connectivity index (χ4n) is 5.43. The molecule has 0 bridgehead atoms. The monoisotopic (exact) mass is 451 g/mol. The van der Waals surface area contributed by atoms with Crippen LogP contribution in [0.4, 0.5) is 5.82 Å². The first-order chi connectivity index (χ1) is 15.4. The number of ether oxygens (including phenoxy) is 1. The lowest BCUT2D eigenvalue weighted by Gasteiger charge is -2.47. The Labute approximate surface area is 188 Å². The van der Waals surface area contributed by atoms with Gasteiger partial charge in [0.1, 0.15) is 29.6 Å². The van der Waals surface area contributed by atoms with Crippen molar-refractivity contribution in [1.82, 2.24) is 19.5 Å². The van der Waals surface area contributed by atoms with Crippen LogP contribution in [0.5, 0.6) is 5.75 Å². The summed E-state index contributed by atoms with van der Waals surface area (Å²) in [5, 5.41) is 24.1. The van der Waals surface area contributed by atoms with Crippen molar-refractivity contribution in [3.8, 4) is 5.75 Å². The number of aliphatic hydroxyl groups excluding tert-OH is 2. The molecular formula is C23H22ClN5O3. The maximum absolute atomic E-state index is 10.9. The summed E-state index contributed by atoms with van der Waals surface area (Å²) in [6.07, 6.45) is 5.12. The van der Waals surface area contributed by atoms with E-state index in [0.717, 1.165) is 22.0 Å². The molecule has 0 saturated heterocycles. The summed E-state index contributed by atoms with van der Waals surface area (Å²) < 4.78 is 8.07. The molecule has 2 fully saturated rings. The van der Waals surface area contributed by atoms with E-state index in [1.54, 1.807) is 6.20 Å². The molecule has 164 valence electrons. The number of nitrogens with two attached hydrogens (primary N) is 1. The molecule has 32 heavy (non-hydrogen) atoms. The molecule has 8 nitrogen and oxygen atoms in total. The molecule has 0 aliphatic heterocycles. The molecule has 4 aromatic rings. The highest BCUT2D eigenvalue weighted by atomic mass is 35.5. The number of rotatable bonds is 3. The number of anilines is 1. The van der Waals surface area contributed by atoms with E-state index in [1.807, 2.05) is 41.1 Å². The third kappa shape index (κ3) is 2.94. The predicted molar refractivity (Wildman–Crippen MR) is 120 cm³/mol. The van der Waals surface area contributed by atoms with Crippen molar-refractivity contribution in [2.45, 2.75) is 43.6 Å². The highest BCUT2D eigenvalue weighted by molar-refractivity contribution is 6.31. The maximum atomic E-state index is 10.9. The molecule has 9 heteroatoms. The molecule has 2 aliphatic carbocycles. The standard InChI is InChI=1S/C23H22ClN5O3/c24-13-5-12-1-2-14(6-17(12)26-10-13)32-15-7-23(8-15)9-18(19(30)20(23)31)29-4-3-16-21(25)27-11-28-22(16)29/h1-6,10-11,15,18-20,30-31H,7-9H2,(H2,25,27,28)/t15-,18-,19+,20+,23+/m1/s1. The number of nitrogens with zero attached hydrogens (tertiary/aromatic N) is 4. The second-order valence-electron chi connectivity index (χ2n) is 8.94. The van der Waals surface area contributed by atoms with Crippen LogP contribution in [0, 0.1) is 5.41 Å². The minimum atomic E-state index is -0.891. The van der Waals surface area contributed by atoms with Gasteiger partial charge in [-0.3, -0.25) is 4.98 Å². The van der Waals surface area contributed by atoms with Crippen LogP contribution in [0.1, 0.15) is 25.3 Å². The summed E-state index contributed by atoms with van der Waals surface area (Å²) in [4.78, 5) is 12.7. The number of nitrogen functional groups attached to an aromatic ring is 1. The number of aliphatic hydroxyl groups is 2. The first-order valence-corrected chi connectivity index (χ1v) is 11.0. The average Bonchev–Trinajstić information content (AvgIpc) is 3.29. The lowest BCUT2D eigenvalue weighted by atomic mass is 9.64. The van der Waals surface area contributed by atoms with Gasteiger partial charge in [0.2, 0.25) is 0 Å². The highest BCUT2D eigenvalue weighted by Crippen LogP contribution is 2.57. The van der Waals surface area contributed by atoms with Gasteiger partial charge in [0.05, 0.1) is 34.2 Å². The Morgan fingerprint density at radius 1 is 1.09 bits per heavy atom. The number of pyridine rings is 1. The summed E-state index contributed by atoms with van der Waals surface area (Å²) in [6, 6.07) is 9.17. The SMILES string of the molecule is Nc1ncnc2c1ccn2[C@@H]1C[C@]2(C[C@H](Oc3ccc4cc(Cl)cnc4c3)C2)[C@@H](O)[C@H]1O. The Hall–Kier alpha value is -2.94. The van der Waals surface area contributed by atoms with Crippen LogP contribution in [0.3, 0.4) is 0 Å². The average molecular weight is 452 g/mol. The molecule has 0 unspecified atom stereocenters. The summed E-state index contributed by atoms with van der Waals surface area (Å²) in [5.74, 6) is 1.14. The zero-order valence-corrected chi connectivity index (χ0v) is 17.9. The van der Waals surface area contributed by atoms with Crippen molar-refractivity contribution in [2.75, 3.05) is 5.73 Å². The fraction of sp³-hybridized carbons (Fsp3) is 0.348. The molecule has 3 atom stereocenters. The number of halogens is 1. The number of benzene rings is 1. The van der Waals surface area contributed by atoms with E-state index in [2.05, 4.69) is 15.0 Å². The van der Waals surface area contributed by atoms with Gasteiger partial charge in [0.25, 0.3) is 0 Å². The zero-order chi connectivity index (χ0) is 22.0. The molecule has 2 saturated carbocycles. The van der Waals surface area contributed by atoms with E-state index in [-0.39, 0.29) is 17.6 Å². The first kappa shape index (κ1) is 19.7. The minimum Gasteiger partial charge on any atom is -0.490 e. The van der Waals surface area contributed by atoms with Crippen LogP contribution in [0.25, 0.3) is 21.9 Å². The third-order valence-corrected chi connectivity index (χ3v) is 7.26. The zero-order valence-electron chi connectivity index (χ0n) is 17.1. The summed E-state index contributed by atoms with van der Waals surface area (Å²) in [7, 11) is 0. The Kier molecular flexibility index (Phi) is 4.33. The Morgan fingerprint density at radius 2 is 1.94 bits per heavy atom. The van der Waals surface area contributed by atoms with Gasteiger partial charge in [-0.05, 0) is 43.5 Å². The van der Waals surface area contributed by atoms with E-state index >= 15 is 0 Å². The van der Waals surface area contributed by atoms with Crippen LogP contribution in [-0.4, -0.2) is 48.0 Å². The Morgan fingerprint density at radius 3 is 2.78 bits per heavy atom. The number of aromatic nitrogens is 4. The van der Waals surface area contributed by atoms with Crippen LogP contribution in [0.2, 0.25) is 5.02 Å². The van der Waals surface area contributed by atoms with Gasteiger partial charge >= 0.3 is 0 Å². The fourth-order valence-corrected chi connectivity index (χ4v) is 5.60. The van der Waals surface area contributed by atoms with Crippen molar-refractivity contribution in [2.24, 2.45) is 5.41 Å². The second kappa shape index (κ2) is 7.03. The molecule has 1 spiro atoms. The van der Waals surface area contributed by atoms with E-state index in [4.69, 9.17) is 22.1 Å². The van der Waals surface area contributed by atoms with Crippen molar-refractivity contribution < 1.29 is 14.9 Å². The Balaban J connectivity index is 1.20. The smallest absolute Gasteiger partial charge is 0.145 e. The number of hydrogen-bond acceptors (Lipinski definition) is 7. The largest absolute Gasteiger partial charge is 0.490 e. The quantitative estimate of drug-likeness (QED) is 0.437. The van der Waals surface area contributed by atoms with E-state index < -0.39 is 12.2 Å². The van der Waals surface area contributed by atoms with Gasteiger partial charge in [-0.15, -0.1) is 0 Å². The highest BCUT2D eigenvalue weighted by Gasteiger charge is 2.60. The molecule has 1 aromatic carbocycles. The van der Waals surface area contributed by atoms with Crippen molar-refractivity contribution >= 4 is 39.4 Å². The number of fused-ring (bicyclic) bond motifs is 2. The van der Waals surface area contributed by atoms with Gasteiger partial charge in [-0.1, -0.05) is 11.6 Å². The van der Waals surface area contributed by atoms with Crippen LogP contribution >= 0.6 is 11.6 Å². The van der Waals surface area contributed by atoms with E-state index in [0.29, 0.717) is 35.8 Å². The van der Waals surface area contributed by atoms with E-state index in [9.17, 15) is 10.2 Å². The normalized spacial score (nSPS) is 29.6. The molecule has 2 aliphatic rings. The van der Waals surface area contributed by atoms with E-state index in [1.165, 1.54) is 6.33 Å². The second-order valence-corrected chi connectivity index (χ2v) is 9.38. The molecule has 3 aromatic heterocycles. The van der Waals surface area contributed by atoms with Gasteiger partial charge in [-0.2, -0.15) is 0 Å².